The molecule has 0 radical (unpaired) electrons. The quantitative estimate of drug-likeness (QED) is 0.160. The molecule has 17 heteroatoms. The molecule has 0 atom stereocenters. The number of carbonyl (C=O) groups is 2. The predicted molar refractivity (Wildman–Crippen MR) is 157 cm³/mol. The molecule has 1 fully saturated rings. The van der Waals surface area contributed by atoms with Crippen molar-refractivity contribution in [3.05, 3.63) is 42.0 Å². The van der Waals surface area contributed by atoms with Crippen LogP contribution in [0.25, 0.3) is 11.1 Å². The van der Waals surface area contributed by atoms with Crippen LogP contribution in [-0.2, 0) is 26.1 Å². The summed E-state index contributed by atoms with van der Waals surface area (Å²) < 4.78 is 44.9. The van der Waals surface area contributed by atoms with Gasteiger partial charge in [-0.25, -0.2) is 41.7 Å². The van der Waals surface area contributed by atoms with E-state index in [0.29, 0.717) is 41.7 Å². The Hall–Kier alpha value is -4.54. The molecule has 0 saturated carbocycles. The summed E-state index contributed by atoms with van der Waals surface area (Å²) >= 11 is 0. The maximum Gasteiger partial charge on any atom is 0.424 e. The zero-order chi connectivity index (χ0) is 31.8. The first-order valence-corrected chi connectivity index (χ1v) is 15.0. The Morgan fingerprint density at radius 1 is 1.21 bits per heavy atom. The molecular weight excluding hydrogens is 587 g/mol. The first kappa shape index (κ1) is 33.0. The average Bonchev–Trinajstić information content (AvgIpc) is 2.91. The molecule has 2 heterocycles. The number of halogens is 1. The van der Waals surface area contributed by atoms with Gasteiger partial charge in [-0.15, -0.1) is 0 Å². The summed E-state index contributed by atoms with van der Waals surface area (Å²) in [6, 6.07) is 4.73. The fraction of sp³-hybridized carbons (Fsp3) is 0.462. The highest BCUT2D eigenvalue weighted by molar-refractivity contribution is 7.88. The zero-order valence-corrected chi connectivity index (χ0v) is 25.1. The number of aromatic nitrogens is 2. The highest BCUT2D eigenvalue weighted by atomic mass is 32.2. The number of nitrogens with one attached hydrogen (secondary N) is 1. The van der Waals surface area contributed by atoms with Gasteiger partial charge in [0.1, 0.15) is 18.0 Å². The van der Waals surface area contributed by atoms with E-state index in [1.165, 1.54) is 18.5 Å². The number of nitrogens with two attached hydrogens (primary N) is 1. The van der Waals surface area contributed by atoms with E-state index in [2.05, 4.69) is 20.1 Å². The molecule has 4 N–H and O–H groups in total. The second-order valence-corrected chi connectivity index (χ2v) is 12.4. The second-order valence-electron chi connectivity index (χ2n) is 10.5. The fourth-order valence-electron chi connectivity index (χ4n) is 3.89. The van der Waals surface area contributed by atoms with Crippen molar-refractivity contribution in [1.29, 1.82) is 0 Å². The van der Waals surface area contributed by atoms with E-state index in [4.69, 9.17) is 20.4 Å². The number of guanidine groups is 1. The molecule has 0 unspecified atom stereocenters. The van der Waals surface area contributed by atoms with Crippen LogP contribution in [-0.4, -0.2) is 89.8 Å². The van der Waals surface area contributed by atoms with E-state index < -0.39 is 33.6 Å². The molecule has 43 heavy (non-hydrogen) atoms. The van der Waals surface area contributed by atoms with E-state index in [1.54, 1.807) is 32.9 Å². The lowest BCUT2D eigenvalue weighted by atomic mass is 10.0. The molecule has 15 nitrogen and oxygen atoms in total. The maximum absolute atomic E-state index is 15.1. The van der Waals surface area contributed by atoms with Gasteiger partial charge >= 0.3 is 12.2 Å². The van der Waals surface area contributed by atoms with Crippen molar-refractivity contribution < 1.29 is 37.1 Å². The first-order chi connectivity index (χ1) is 20.1. The van der Waals surface area contributed by atoms with Gasteiger partial charge in [-0.1, -0.05) is 23.4 Å². The predicted octanol–water partition coefficient (Wildman–Crippen LogP) is 2.53. The number of nitrogens with zero attached hydrogens (tertiary/aromatic N) is 6. The van der Waals surface area contributed by atoms with Crippen LogP contribution in [0.1, 0.15) is 39.2 Å². The average molecular weight is 623 g/mol. The van der Waals surface area contributed by atoms with Crippen LogP contribution in [0.2, 0.25) is 0 Å². The molecule has 3 rings (SSSR count). The van der Waals surface area contributed by atoms with Gasteiger partial charge in [-0.3, -0.25) is 5.32 Å². The Morgan fingerprint density at radius 2 is 1.86 bits per heavy atom. The van der Waals surface area contributed by atoms with Gasteiger partial charge in [0.15, 0.2) is 5.96 Å². The lowest BCUT2D eigenvalue weighted by Gasteiger charge is -2.27. The smallest absolute Gasteiger partial charge is 0.424 e. The third-order valence-corrected chi connectivity index (χ3v) is 7.02. The number of ether oxygens (including phenoxy) is 1. The Labute approximate surface area is 248 Å². The first-order valence-electron chi connectivity index (χ1n) is 13.2. The molecule has 234 valence electrons. The fourth-order valence-corrected chi connectivity index (χ4v) is 4.60. The summed E-state index contributed by atoms with van der Waals surface area (Å²) in [6.45, 7) is 5.46. The normalized spacial score (nSPS) is 14.2. The summed E-state index contributed by atoms with van der Waals surface area (Å²) in [5.41, 5.74) is 6.30. The number of rotatable bonds is 9. The lowest BCUT2D eigenvalue weighted by Crippen LogP contribution is -2.42. The minimum absolute atomic E-state index is 0.138. The molecule has 1 aliphatic heterocycles. The van der Waals surface area contributed by atoms with Gasteiger partial charge in [0.25, 0.3) is 0 Å². The van der Waals surface area contributed by atoms with Crippen molar-refractivity contribution in [2.75, 3.05) is 37.4 Å². The summed E-state index contributed by atoms with van der Waals surface area (Å²) in [5, 5.41) is 14.7. The zero-order valence-electron chi connectivity index (χ0n) is 24.3. The van der Waals surface area contributed by atoms with Crippen molar-refractivity contribution in [1.82, 2.24) is 19.6 Å². The number of amides is 2. The minimum Gasteiger partial charge on any atom is -0.465 e. The third kappa shape index (κ3) is 10.1. The summed E-state index contributed by atoms with van der Waals surface area (Å²) in [6.07, 6.45) is 2.68. The maximum atomic E-state index is 15.1. The second kappa shape index (κ2) is 14.1. The summed E-state index contributed by atoms with van der Waals surface area (Å²) in [5.74, 6) is -0.433. The monoisotopic (exact) mass is 622 g/mol. The highest BCUT2D eigenvalue weighted by Gasteiger charge is 2.28. The van der Waals surface area contributed by atoms with Crippen molar-refractivity contribution >= 4 is 39.8 Å². The van der Waals surface area contributed by atoms with Crippen LogP contribution in [0.3, 0.4) is 0 Å². The molecule has 1 aromatic heterocycles. The highest BCUT2D eigenvalue weighted by Crippen LogP contribution is 2.26. The van der Waals surface area contributed by atoms with E-state index in [9.17, 15) is 18.0 Å². The molecule has 2 amide bonds. The van der Waals surface area contributed by atoms with Crippen LogP contribution in [0.15, 0.2) is 40.7 Å². The molecule has 0 aliphatic carbocycles. The van der Waals surface area contributed by atoms with Gasteiger partial charge in [0.2, 0.25) is 16.0 Å². The van der Waals surface area contributed by atoms with Gasteiger partial charge < -0.3 is 25.3 Å². The van der Waals surface area contributed by atoms with Crippen molar-refractivity contribution in [2.24, 2.45) is 15.9 Å². The standard InChI is InChI=1S/C26H35FN8O7S/c1-26(2,3)42-25(38)35(43(4,39)40)12-13-41-33-19-8-10-34(11-9-19)23-30-15-18(16-31-23)20-7-5-6-17(21(20)27)14-29-22(28)32-24(36)37/h5-7,15-16H,8-14H2,1-4H3,(H,36,37)(H3,28,29,32). The Morgan fingerprint density at radius 3 is 2.44 bits per heavy atom. The number of carboxylic acid groups (broad SMARTS) is 1. The van der Waals surface area contributed by atoms with E-state index in [0.717, 1.165) is 12.0 Å². The lowest BCUT2D eigenvalue weighted by molar-refractivity contribution is 0.0343. The number of hydrogen-bond acceptors (Lipinski definition) is 11. The van der Waals surface area contributed by atoms with Crippen LogP contribution in [0.5, 0.6) is 0 Å². The largest absolute Gasteiger partial charge is 0.465 e. The summed E-state index contributed by atoms with van der Waals surface area (Å²) in [7, 11) is -3.86. The number of oxime groups is 1. The van der Waals surface area contributed by atoms with Gasteiger partial charge in [0, 0.05) is 55.0 Å². The van der Waals surface area contributed by atoms with Gasteiger partial charge in [0.05, 0.1) is 25.1 Å². The minimum atomic E-state index is -3.86. The Kier molecular flexibility index (Phi) is 10.8. The molecule has 0 spiro atoms. The topological polar surface area (TPSA) is 202 Å². The van der Waals surface area contributed by atoms with Gasteiger partial charge in [-0.2, -0.15) is 0 Å². The number of aliphatic imine (C=N–C) groups is 1. The summed E-state index contributed by atoms with van der Waals surface area (Å²) in [4.78, 5) is 42.7. The SMILES string of the molecule is CC(C)(C)OC(=O)N(CCON=C1CCN(c2ncc(-c3cccc(CN=C(N)NC(=O)O)c3F)cn2)CC1)S(C)(=O)=O. The van der Waals surface area contributed by atoms with Crippen LogP contribution < -0.4 is 16.0 Å². The number of carbonyl (C=O) groups excluding carboxylic acids is 1. The van der Waals surface area contributed by atoms with E-state index >= 15 is 4.39 Å². The molecule has 2 aromatic rings. The van der Waals surface area contributed by atoms with Gasteiger partial charge in [-0.05, 0) is 20.8 Å². The van der Waals surface area contributed by atoms with Crippen molar-refractivity contribution in [3.8, 4) is 11.1 Å². The molecular formula is C26H35FN8O7S. The van der Waals surface area contributed by atoms with Crippen LogP contribution in [0, 0.1) is 5.82 Å². The van der Waals surface area contributed by atoms with Crippen molar-refractivity contribution in [3.63, 3.8) is 0 Å². The molecule has 1 aliphatic rings. The van der Waals surface area contributed by atoms with Crippen molar-refractivity contribution in [2.45, 2.75) is 45.8 Å². The number of hydrogen-bond donors (Lipinski definition) is 3. The Bertz CT molecular complexity index is 1470. The number of piperidine rings is 1. The number of sulfonamides is 1. The number of anilines is 1. The third-order valence-electron chi connectivity index (χ3n) is 5.88. The molecule has 0 bridgehead atoms. The Balaban J connectivity index is 1.54. The van der Waals surface area contributed by atoms with E-state index in [-0.39, 0.29) is 36.8 Å². The number of benzene rings is 1. The van der Waals surface area contributed by atoms with E-state index in [1.807, 2.05) is 10.2 Å². The van der Waals surface area contributed by atoms with Crippen LogP contribution in [0.4, 0.5) is 19.9 Å². The molecule has 1 saturated heterocycles. The molecule has 1 aromatic carbocycles. The van der Waals surface area contributed by atoms with Crippen LogP contribution >= 0.6 is 0 Å².